The van der Waals surface area contributed by atoms with Crippen LogP contribution in [-0.2, 0) is 11.0 Å². The van der Waals surface area contributed by atoms with Gasteiger partial charge in [0.05, 0.1) is 21.9 Å². The van der Waals surface area contributed by atoms with E-state index < -0.39 is 28.7 Å². The summed E-state index contributed by atoms with van der Waals surface area (Å²) < 4.78 is 44.0. The number of nitrogens with zero attached hydrogens (tertiary/aromatic N) is 2. The number of hydrogen-bond donors (Lipinski definition) is 0. The number of rotatable bonds is 7. The average Bonchev–Trinajstić information content (AvgIpc) is 2.78. The molecule has 1 aromatic heterocycles. The molecule has 0 fully saturated rings. The van der Waals surface area contributed by atoms with Crippen molar-refractivity contribution in [2.45, 2.75) is 29.2 Å². The van der Waals surface area contributed by atoms with Gasteiger partial charge in [0, 0.05) is 21.1 Å². The largest absolute Gasteiger partial charge is 0.438 e. The number of Topliss-reactive ketones (excluding diaryl/α,β-unsaturated/α-hetero) is 1. The second kappa shape index (κ2) is 11.3. The number of nitriles is 1. The van der Waals surface area contributed by atoms with Crippen molar-refractivity contribution in [3.63, 3.8) is 0 Å². The predicted octanol–water partition coefficient (Wildman–Crippen LogP) is 8.86. The normalized spacial score (nSPS) is 13.1. The van der Waals surface area contributed by atoms with Gasteiger partial charge in [0.1, 0.15) is 16.7 Å². The highest BCUT2D eigenvalue weighted by atomic mass is 35.5. The van der Waals surface area contributed by atoms with E-state index >= 15 is 0 Å². The lowest BCUT2D eigenvalue weighted by Crippen LogP contribution is -2.21. The van der Waals surface area contributed by atoms with Crippen LogP contribution in [0.15, 0.2) is 53.6 Å². The number of carbonyl (C=O) groups is 1. The molecular formula is C23H13Cl4F3N2O2S. The maximum atomic E-state index is 13.0. The van der Waals surface area contributed by atoms with E-state index in [-0.39, 0.29) is 21.7 Å². The molecule has 35 heavy (non-hydrogen) atoms. The highest BCUT2D eigenvalue weighted by Gasteiger charge is 2.32. The fourth-order valence-electron chi connectivity index (χ4n) is 2.91. The van der Waals surface area contributed by atoms with E-state index in [1.807, 2.05) is 6.07 Å². The Balaban J connectivity index is 1.80. The minimum absolute atomic E-state index is 0.184. The lowest BCUT2D eigenvalue weighted by atomic mass is 9.94. The molecule has 1 heterocycles. The van der Waals surface area contributed by atoms with Crippen LogP contribution >= 0.6 is 58.2 Å². The molecule has 2 unspecified atom stereocenters. The summed E-state index contributed by atoms with van der Waals surface area (Å²) in [7, 11) is 0. The van der Waals surface area contributed by atoms with Gasteiger partial charge in [0.2, 0.25) is 5.88 Å². The highest BCUT2D eigenvalue weighted by Crippen LogP contribution is 2.39. The highest BCUT2D eigenvalue weighted by molar-refractivity contribution is 8.00. The smallest absolute Gasteiger partial charge is 0.417 e. The molecule has 0 saturated carbocycles. The Morgan fingerprint density at radius 2 is 1.77 bits per heavy atom. The molecule has 182 valence electrons. The lowest BCUT2D eigenvalue weighted by Gasteiger charge is -2.17. The molecule has 0 radical (unpaired) electrons. The number of alkyl halides is 3. The molecule has 0 aliphatic heterocycles. The summed E-state index contributed by atoms with van der Waals surface area (Å²) in [6.07, 6.45) is -3.99. The van der Waals surface area contributed by atoms with Gasteiger partial charge in [-0.3, -0.25) is 4.79 Å². The van der Waals surface area contributed by atoms with Gasteiger partial charge in [-0.2, -0.15) is 18.4 Å². The Labute approximate surface area is 222 Å². The molecule has 0 amide bonds. The Morgan fingerprint density at radius 3 is 2.37 bits per heavy atom. The Bertz CT molecular complexity index is 1310. The first-order chi connectivity index (χ1) is 16.4. The molecule has 2 aromatic carbocycles. The number of ether oxygens (including phenoxy) is 1. The molecule has 3 rings (SSSR count). The number of halogens is 7. The molecule has 3 aromatic rings. The van der Waals surface area contributed by atoms with Crippen molar-refractivity contribution in [1.29, 1.82) is 5.26 Å². The molecule has 2 atom stereocenters. The van der Waals surface area contributed by atoms with E-state index in [0.717, 1.165) is 11.8 Å². The maximum absolute atomic E-state index is 13.0. The minimum atomic E-state index is -4.60. The first kappa shape index (κ1) is 27.4. The van der Waals surface area contributed by atoms with E-state index in [1.165, 1.54) is 36.4 Å². The van der Waals surface area contributed by atoms with Crippen molar-refractivity contribution in [3.05, 3.63) is 79.9 Å². The van der Waals surface area contributed by atoms with Gasteiger partial charge in [0.15, 0.2) is 5.78 Å². The average molecular weight is 580 g/mol. The van der Waals surface area contributed by atoms with E-state index in [1.54, 1.807) is 6.92 Å². The van der Waals surface area contributed by atoms with Gasteiger partial charge in [-0.15, -0.1) is 11.8 Å². The molecule has 0 bridgehead atoms. The van der Waals surface area contributed by atoms with Crippen LogP contribution in [-0.4, -0.2) is 16.0 Å². The van der Waals surface area contributed by atoms with Crippen LogP contribution in [0.4, 0.5) is 13.2 Å². The molecule has 12 heteroatoms. The second-order valence-electron chi connectivity index (χ2n) is 7.09. The van der Waals surface area contributed by atoms with E-state index in [4.69, 9.17) is 51.1 Å². The number of ketones is 1. The molecule has 0 N–H and O–H groups in total. The third kappa shape index (κ3) is 6.75. The zero-order valence-corrected chi connectivity index (χ0v) is 21.4. The summed E-state index contributed by atoms with van der Waals surface area (Å²) >= 11 is 25.3. The fourth-order valence-corrected chi connectivity index (χ4v) is 4.88. The van der Waals surface area contributed by atoms with Crippen molar-refractivity contribution in [3.8, 4) is 17.7 Å². The van der Waals surface area contributed by atoms with Gasteiger partial charge in [-0.05, 0) is 48.9 Å². The van der Waals surface area contributed by atoms with E-state index in [9.17, 15) is 23.2 Å². The summed E-state index contributed by atoms with van der Waals surface area (Å²) in [6, 6.07) is 11.6. The Morgan fingerprint density at radius 1 is 1.06 bits per heavy atom. The maximum Gasteiger partial charge on any atom is 0.417 e. The van der Waals surface area contributed by atoms with Crippen LogP contribution in [0.5, 0.6) is 11.6 Å². The lowest BCUT2D eigenvalue weighted by molar-refractivity contribution is -0.137. The van der Waals surface area contributed by atoms with Crippen molar-refractivity contribution < 1.29 is 22.7 Å². The Hall–Kier alpha value is -2.15. The van der Waals surface area contributed by atoms with Crippen LogP contribution in [0.1, 0.15) is 24.0 Å². The van der Waals surface area contributed by atoms with Crippen LogP contribution in [0.25, 0.3) is 0 Å². The number of thioether (sulfide) groups is 1. The number of aromatic nitrogens is 1. The topological polar surface area (TPSA) is 63.0 Å². The van der Waals surface area contributed by atoms with Gasteiger partial charge in [-0.1, -0.05) is 52.5 Å². The first-order valence-corrected chi connectivity index (χ1v) is 12.0. The zero-order valence-electron chi connectivity index (χ0n) is 17.5. The summed E-state index contributed by atoms with van der Waals surface area (Å²) in [4.78, 5) is 17.1. The molecule has 0 spiro atoms. The van der Waals surface area contributed by atoms with Crippen LogP contribution in [0, 0.1) is 11.3 Å². The SMILES string of the molecule is CC(Sc1cc(Oc2ncc(C(F)(F)F)cc2Cl)ccc1Cl)C(=O)C(C#N)c1ccc(Cl)cc1Cl. The molecule has 0 aliphatic rings. The van der Waals surface area contributed by atoms with E-state index in [2.05, 4.69) is 4.98 Å². The number of benzene rings is 2. The monoisotopic (exact) mass is 578 g/mol. The van der Waals surface area contributed by atoms with Crippen molar-refractivity contribution in [2.24, 2.45) is 0 Å². The van der Waals surface area contributed by atoms with Crippen molar-refractivity contribution >= 4 is 63.9 Å². The Kier molecular flexibility index (Phi) is 8.84. The van der Waals surface area contributed by atoms with Crippen LogP contribution in [0.2, 0.25) is 20.1 Å². The summed E-state index contributed by atoms with van der Waals surface area (Å²) in [5.74, 6) is -1.58. The fraction of sp³-hybridized carbons (Fsp3) is 0.174. The van der Waals surface area contributed by atoms with Crippen LogP contribution < -0.4 is 4.74 Å². The molecule has 4 nitrogen and oxygen atoms in total. The first-order valence-electron chi connectivity index (χ1n) is 9.65. The van der Waals surface area contributed by atoms with Gasteiger partial charge >= 0.3 is 6.18 Å². The van der Waals surface area contributed by atoms with Gasteiger partial charge < -0.3 is 4.74 Å². The number of carbonyl (C=O) groups excluding carboxylic acids is 1. The third-order valence-corrected chi connectivity index (χ3v) is 7.10. The quantitative estimate of drug-likeness (QED) is 0.261. The molecule has 0 saturated heterocycles. The van der Waals surface area contributed by atoms with Gasteiger partial charge in [0.25, 0.3) is 0 Å². The van der Waals surface area contributed by atoms with Crippen LogP contribution in [0.3, 0.4) is 0 Å². The number of pyridine rings is 1. The standard InChI is InChI=1S/C23H13Cl4F3N2O2S/c1-11(21(33)16(9-31)15-4-2-13(24)7-18(15)26)35-20-8-14(3-5-17(20)25)34-22-19(27)6-12(10-32-22)23(28,29)30/h2-8,10-11,16H,1H3. The number of hydrogen-bond acceptors (Lipinski definition) is 5. The molecule has 0 aliphatic carbocycles. The molecular weight excluding hydrogens is 567 g/mol. The van der Waals surface area contributed by atoms with Crippen molar-refractivity contribution in [2.75, 3.05) is 0 Å². The third-order valence-electron chi connectivity index (χ3n) is 4.64. The second-order valence-corrected chi connectivity index (χ2v) is 10.1. The minimum Gasteiger partial charge on any atom is -0.438 e. The summed E-state index contributed by atoms with van der Waals surface area (Å²) in [6.45, 7) is 1.61. The summed E-state index contributed by atoms with van der Waals surface area (Å²) in [5, 5.41) is 9.43. The predicted molar refractivity (Wildman–Crippen MR) is 131 cm³/mol. The summed E-state index contributed by atoms with van der Waals surface area (Å²) in [5.41, 5.74) is -0.676. The van der Waals surface area contributed by atoms with Gasteiger partial charge in [-0.25, -0.2) is 4.98 Å². The van der Waals surface area contributed by atoms with E-state index in [0.29, 0.717) is 32.8 Å². The zero-order chi connectivity index (χ0) is 25.9. The van der Waals surface area contributed by atoms with Crippen molar-refractivity contribution in [1.82, 2.24) is 4.98 Å².